The van der Waals surface area contributed by atoms with Crippen molar-refractivity contribution in [2.75, 3.05) is 37.7 Å². The topological polar surface area (TPSA) is 93.2 Å². The van der Waals surface area contributed by atoms with Crippen LogP contribution >= 0.6 is 0 Å². The molecule has 2 aromatic heterocycles. The van der Waals surface area contributed by atoms with Gasteiger partial charge in [-0.1, -0.05) is 6.07 Å². The van der Waals surface area contributed by atoms with E-state index < -0.39 is 4.92 Å². The molecule has 25 heavy (non-hydrogen) atoms. The third kappa shape index (κ3) is 2.80. The lowest BCUT2D eigenvalue weighted by Crippen LogP contribution is -2.51. The zero-order valence-corrected chi connectivity index (χ0v) is 13.7. The first-order valence-corrected chi connectivity index (χ1v) is 8.42. The van der Waals surface area contributed by atoms with Crippen LogP contribution in [-0.4, -0.2) is 64.0 Å². The number of imidazole rings is 1. The van der Waals surface area contributed by atoms with E-state index in [4.69, 9.17) is 4.74 Å². The summed E-state index contributed by atoms with van der Waals surface area (Å²) >= 11 is 0. The van der Waals surface area contributed by atoms with E-state index in [-0.39, 0.29) is 17.8 Å². The summed E-state index contributed by atoms with van der Waals surface area (Å²) in [5.41, 5.74) is 0.544. The molecule has 0 aromatic carbocycles. The molecule has 2 fully saturated rings. The van der Waals surface area contributed by atoms with Crippen molar-refractivity contribution < 1.29 is 14.5 Å². The molecule has 0 N–H and O–H groups in total. The molecule has 0 aliphatic carbocycles. The zero-order valence-electron chi connectivity index (χ0n) is 13.7. The van der Waals surface area contributed by atoms with Gasteiger partial charge in [0.05, 0.1) is 6.20 Å². The van der Waals surface area contributed by atoms with Crippen molar-refractivity contribution in [3.8, 4) is 0 Å². The van der Waals surface area contributed by atoms with E-state index in [1.165, 1.54) is 4.40 Å². The van der Waals surface area contributed by atoms with Crippen LogP contribution in [0.3, 0.4) is 0 Å². The number of hydrogen-bond acceptors (Lipinski definition) is 6. The molecule has 0 radical (unpaired) electrons. The molecule has 2 aliphatic heterocycles. The summed E-state index contributed by atoms with van der Waals surface area (Å²) in [6, 6.07) is 5.28. The van der Waals surface area contributed by atoms with Crippen LogP contribution in [0.5, 0.6) is 0 Å². The van der Waals surface area contributed by atoms with Crippen LogP contribution in [0.1, 0.15) is 12.8 Å². The fourth-order valence-corrected chi connectivity index (χ4v) is 3.47. The van der Waals surface area contributed by atoms with Crippen LogP contribution in [0.15, 0.2) is 24.4 Å². The maximum Gasteiger partial charge on any atom is 0.372 e. The van der Waals surface area contributed by atoms with Crippen molar-refractivity contribution in [2.24, 2.45) is 0 Å². The molecule has 0 saturated carbocycles. The van der Waals surface area contributed by atoms with Crippen molar-refractivity contribution in [3.05, 3.63) is 34.5 Å². The molecular weight excluding hydrogens is 326 g/mol. The van der Waals surface area contributed by atoms with E-state index in [2.05, 4.69) is 4.98 Å². The Morgan fingerprint density at radius 3 is 2.76 bits per heavy atom. The van der Waals surface area contributed by atoms with Crippen LogP contribution in [0.25, 0.3) is 5.65 Å². The number of fused-ring (bicyclic) bond motifs is 1. The fourth-order valence-electron chi connectivity index (χ4n) is 3.47. The second-order valence-electron chi connectivity index (χ2n) is 6.26. The number of nitro groups is 1. The lowest BCUT2D eigenvalue weighted by molar-refractivity contribution is -0.389. The molecule has 0 bridgehead atoms. The van der Waals surface area contributed by atoms with Gasteiger partial charge in [0.1, 0.15) is 6.10 Å². The molecule has 9 heteroatoms. The highest BCUT2D eigenvalue weighted by atomic mass is 16.6. The van der Waals surface area contributed by atoms with Crippen molar-refractivity contribution >= 4 is 23.2 Å². The van der Waals surface area contributed by atoms with Gasteiger partial charge in [-0.15, -0.1) is 0 Å². The summed E-state index contributed by atoms with van der Waals surface area (Å²) in [5, 5.41) is 11.5. The number of ether oxygens (including phenoxy) is 1. The lowest BCUT2D eigenvalue weighted by Gasteiger charge is -2.35. The monoisotopic (exact) mass is 345 g/mol. The largest absolute Gasteiger partial charge is 0.372 e. The van der Waals surface area contributed by atoms with Crippen LogP contribution in [0, 0.1) is 10.1 Å². The normalized spacial score (nSPS) is 21.0. The Labute approximate surface area is 143 Å². The Morgan fingerprint density at radius 1 is 1.28 bits per heavy atom. The van der Waals surface area contributed by atoms with Crippen molar-refractivity contribution in [2.45, 2.75) is 18.9 Å². The van der Waals surface area contributed by atoms with Crippen LogP contribution in [0.2, 0.25) is 0 Å². The quantitative estimate of drug-likeness (QED) is 0.610. The Balaban J connectivity index is 1.53. The average Bonchev–Trinajstić information content (AvgIpc) is 3.28. The molecule has 9 nitrogen and oxygen atoms in total. The minimum absolute atomic E-state index is 0.0293. The molecule has 4 rings (SSSR count). The number of amides is 1. The number of carbonyl (C=O) groups excluding carboxylic acids is 1. The third-order valence-corrected chi connectivity index (χ3v) is 4.76. The number of piperazine rings is 1. The smallest absolute Gasteiger partial charge is 0.368 e. The predicted molar refractivity (Wildman–Crippen MR) is 89.6 cm³/mol. The van der Waals surface area contributed by atoms with Gasteiger partial charge in [0.15, 0.2) is 0 Å². The fraction of sp³-hybridized carbons (Fsp3) is 0.500. The SMILES string of the molecule is O=C(C1CCCO1)N1CCN(c2nc3ccccn3c2[N+](=O)[O-])CC1. The number of hydrogen-bond donors (Lipinski definition) is 0. The summed E-state index contributed by atoms with van der Waals surface area (Å²) in [7, 11) is 0. The molecule has 132 valence electrons. The van der Waals surface area contributed by atoms with Gasteiger partial charge in [-0.2, -0.15) is 9.38 Å². The Kier molecular flexibility index (Phi) is 4.00. The first-order chi connectivity index (χ1) is 12.1. The first-order valence-electron chi connectivity index (χ1n) is 8.42. The van der Waals surface area contributed by atoms with Gasteiger partial charge in [0.2, 0.25) is 11.5 Å². The standard InChI is InChI=1S/C16H19N5O4/c22-16(12-4-3-11-25-12)19-9-7-18(8-10-19)14-15(21(23)24)20-6-2-1-5-13(20)17-14/h1-2,5-6,12H,3-4,7-11H2. The van der Waals surface area contributed by atoms with E-state index in [9.17, 15) is 14.9 Å². The molecule has 2 saturated heterocycles. The lowest BCUT2D eigenvalue weighted by atomic mass is 10.2. The Morgan fingerprint density at radius 2 is 2.08 bits per heavy atom. The van der Waals surface area contributed by atoms with E-state index in [1.807, 2.05) is 4.90 Å². The number of aromatic nitrogens is 2. The number of carbonyl (C=O) groups is 1. The van der Waals surface area contributed by atoms with Crippen LogP contribution < -0.4 is 4.90 Å². The maximum absolute atomic E-state index is 12.4. The molecular formula is C16H19N5O4. The predicted octanol–water partition coefficient (Wildman–Crippen LogP) is 1.07. The third-order valence-electron chi connectivity index (χ3n) is 4.76. The highest BCUT2D eigenvalue weighted by molar-refractivity contribution is 5.81. The summed E-state index contributed by atoms with van der Waals surface area (Å²) < 4.78 is 6.95. The van der Waals surface area contributed by atoms with Gasteiger partial charge in [0, 0.05) is 38.9 Å². The van der Waals surface area contributed by atoms with Crippen molar-refractivity contribution in [1.29, 1.82) is 0 Å². The minimum atomic E-state index is -0.404. The van der Waals surface area contributed by atoms with Crippen molar-refractivity contribution in [1.82, 2.24) is 14.3 Å². The van der Waals surface area contributed by atoms with Crippen molar-refractivity contribution in [3.63, 3.8) is 0 Å². The number of anilines is 1. The first kappa shape index (κ1) is 15.8. The Hall–Kier alpha value is -2.68. The van der Waals surface area contributed by atoms with Gasteiger partial charge < -0.3 is 24.7 Å². The zero-order chi connectivity index (χ0) is 17.4. The molecule has 4 heterocycles. The Bertz CT molecular complexity index is 806. The molecule has 2 aromatic rings. The maximum atomic E-state index is 12.4. The van der Waals surface area contributed by atoms with Gasteiger partial charge in [-0.25, -0.2) is 0 Å². The van der Waals surface area contributed by atoms with E-state index in [0.29, 0.717) is 44.3 Å². The number of pyridine rings is 1. The van der Waals surface area contributed by atoms with E-state index in [1.54, 1.807) is 29.3 Å². The van der Waals surface area contributed by atoms with Gasteiger partial charge in [-0.3, -0.25) is 4.79 Å². The molecule has 1 unspecified atom stereocenters. The average molecular weight is 345 g/mol. The summed E-state index contributed by atoms with van der Waals surface area (Å²) in [6.45, 7) is 2.71. The van der Waals surface area contributed by atoms with Gasteiger partial charge in [0.25, 0.3) is 5.91 Å². The van der Waals surface area contributed by atoms with Crippen LogP contribution in [-0.2, 0) is 9.53 Å². The highest BCUT2D eigenvalue weighted by Crippen LogP contribution is 2.29. The summed E-state index contributed by atoms with van der Waals surface area (Å²) in [5.74, 6) is 0.358. The summed E-state index contributed by atoms with van der Waals surface area (Å²) in [4.78, 5) is 31.6. The van der Waals surface area contributed by atoms with Crippen LogP contribution in [0.4, 0.5) is 11.6 Å². The highest BCUT2D eigenvalue weighted by Gasteiger charge is 2.33. The number of nitrogens with zero attached hydrogens (tertiary/aromatic N) is 5. The number of rotatable bonds is 3. The van der Waals surface area contributed by atoms with E-state index in [0.717, 1.165) is 12.8 Å². The second kappa shape index (κ2) is 6.32. The second-order valence-corrected chi connectivity index (χ2v) is 6.26. The van der Waals surface area contributed by atoms with Gasteiger partial charge in [-0.05, 0) is 23.8 Å². The van der Waals surface area contributed by atoms with E-state index >= 15 is 0 Å². The minimum Gasteiger partial charge on any atom is -0.368 e. The molecule has 0 spiro atoms. The molecule has 1 amide bonds. The molecule has 2 aliphatic rings. The van der Waals surface area contributed by atoms with Gasteiger partial charge >= 0.3 is 5.82 Å². The molecule has 1 atom stereocenters. The summed E-state index contributed by atoms with van der Waals surface area (Å²) in [6.07, 6.45) is 3.01.